The van der Waals surface area contributed by atoms with E-state index in [1.807, 2.05) is 12.1 Å². The molecule has 1 aromatic carbocycles. The second-order valence-corrected chi connectivity index (χ2v) is 6.76. The van der Waals surface area contributed by atoms with Crippen LogP contribution in [0.4, 0.5) is 10.2 Å². The fraction of sp³-hybridized carbons (Fsp3) is 0.471. The van der Waals surface area contributed by atoms with Crippen molar-refractivity contribution in [1.29, 1.82) is 0 Å². The third-order valence-electron chi connectivity index (χ3n) is 3.96. The summed E-state index contributed by atoms with van der Waals surface area (Å²) in [6.07, 6.45) is 0. The Bertz CT molecular complexity index is 657. The van der Waals surface area contributed by atoms with Gasteiger partial charge >= 0.3 is 0 Å². The minimum Gasteiger partial charge on any atom is -0.354 e. The van der Waals surface area contributed by atoms with Gasteiger partial charge in [0.1, 0.15) is 11.6 Å². The van der Waals surface area contributed by atoms with Crippen molar-refractivity contribution in [2.45, 2.75) is 19.4 Å². The first-order chi connectivity index (χ1) is 10.4. The number of halogens is 1. The van der Waals surface area contributed by atoms with Crippen LogP contribution >= 0.6 is 0 Å². The van der Waals surface area contributed by atoms with E-state index in [1.54, 1.807) is 6.07 Å². The molecule has 1 aliphatic rings. The van der Waals surface area contributed by atoms with Gasteiger partial charge in [0.15, 0.2) is 0 Å². The number of fused-ring (bicyclic) bond motifs is 1. The minimum atomic E-state index is -0.222. The topological polar surface area (TPSA) is 45.4 Å². The van der Waals surface area contributed by atoms with Crippen molar-refractivity contribution in [2.24, 2.45) is 5.73 Å². The standard InChI is InChI=1S/C17H23FN4/c1-17(2,19)12-21-7-9-22(10-8-21)16-6-3-13-11-14(18)4-5-15(13)20-16/h3-6,11H,7-10,12,19H2,1-2H3. The molecular formula is C17H23FN4. The maximum absolute atomic E-state index is 13.2. The summed E-state index contributed by atoms with van der Waals surface area (Å²) in [7, 11) is 0. The van der Waals surface area contributed by atoms with Gasteiger partial charge in [-0.2, -0.15) is 0 Å². The molecule has 22 heavy (non-hydrogen) atoms. The smallest absolute Gasteiger partial charge is 0.129 e. The Labute approximate surface area is 130 Å². The van der Waals surface area contributed by atoms with E-state index in [9.17, 15) is 4.39 Å². The zero-order valence-electron chi connectivity index (χ0n) is 13.2. The zero-order chi connectivity index (χ0) is 15.7. The molecule has 0 atom stereocenters. The van der Waals surface area contributed by atoms with E-state index in [2.05, 4.69) is 28.6 Å². The number of aromatic nitrogens is 1. The normalized spacial score (nSPS) is 17.2. The Kier molecular flexibility index (Phi) is 4.02. The molecule has 2 N–H and O–H groups in total. The third kappa shape index (κ3) is 3.54. The first-order valence-electron chi connectivity index (χ1n) is 7.73. The first-order valence-corrected chi connectivity index (χ1v) is 7.73. The number of hydrogen-bond acceptors (Lipinski definition) is 4. The van der Waals surface area contributed by atoms with Crippen LogP contribution < -0.4 is 10.6 Å². The number of pyridine rings is 1. The molecule has 2 aromatic rings. The van der Waals surface area contributed by atoms with E-state index in [1.165, 1.54) is 12.1 Å². The van der Waals surface area contributed by atoms with Crippen molar-refractivity contribution < 1.29 is 4.39 Å². The SMILES string of the molecule is CC(C)(N)CN1CCN(c2ccc3cc(F)ccc3n2)CC1. The lowest BCUT2D eigenvalue weighted by molar-refractivity contribution is 0.214. The molecule has 1 aromatic heterocycles. The molecule has 1 fully saturated rings. The predicted molar refractivity (Wildman–Crippen MR) is 88.6 cm³/mol. The molecule has 4 nitrogen and oxygen atoms in total. The molecule has 3 rings (SSSR count). The van der Waals surface area contributed by atoms with Gasteiger partial charge in [-0.05, 0) is 44.2 Å². The maximum atomic E-state index is 13.2. The number of hydrogen-bond donors (Lipinski definition) is 1. The Morgan fingerprint density at radius 1 is 1.14 bits per heavy atom. The number of piperazine rings is 1. The van der Waals surface area contributed by atoms with E-state index in [0.29, 0.717) is 0 Å². The summed E-state index contributed by atoms with van der Waals surface area (Å²) in [6.45, 7) is 8.89. The molecule has 1 aliphatic heterocycles. The fourth-order valence-corrected chi connectivity index (χ4v) is 2.97. The Balaban J connectivity index is 1.70. The van der Waals surface area contributed by atoms with Crippen LogP contribution in [-0.4, -0.2) is 48.1 Å². The van der Waals surface area contributed by atoms with Crippen LogP contribution in [0.5, 0.6) is 0 Å². The number of benzene rings is 1. The van der Waals surface area contributed by atoms with Gasteiger partial charge in [0.05, 0.1) is 5.52 Å². The van der Waals surface area contributed by atoms with Gasteiger partial charge < -0.3 is 10.6 Å². The summed E-state index contributed by atoms with van der Waals surface area (Å²) in [4.78, 5) is 9.33. The summed E-state index contributed by atoms with van der Waals surface area (Å²) in [5, 5.41) is 0.840. The first kappa shape index (κ1) is 15.2. The Morgan fingerprint density at radius 2 is 1.86 bits per heavy atom. The van der Waals surface area contributed by atoms with Gasteiger partial charge in [-0.25, -0.2) is 9.37 Å². The summed E-state index contributed by atoms with van der Waals surface area (Å²) in [6, 6.07) is 8.63. The monoisotopic (exact) mass is 302 g/mol. The number of nitrogens with two attached hydrogens (primary N) is 1. The van der Waals surface area contributed by atoms with Crippen LogP contribution in [0.3, 0.4) is 0 Å². The molecule has 2 heterocycles. The molecule has 118 valence electrons. The number of anilines is 1. The average molecular weight is 302 g/mol. The molecular weight excluding hydrogens is 279 g/mol. The number of rotatable bonds is 3. The number of nitrogens with zero attached hydrogens (tertiary/aromatic N) is 3. The average Bonchev–Trinajstić information content (AvgIpc) is 2.46. The van der Waals surface area contributed by atoms with Crippen molar-refractivity contribution in [3.05, 3.63) is 36.1 Å². The van der Waals surface area contributed by atoms with Crippen molar-refractivity contribution in [3.63, 3.8) is 0 Å². The van der Waals surface area contributed by atoms with E-state index in [4.69, 9.17) is 5.73 Å². The highest BCUT2D eigenvalue weighted by molar-refractivity contribution is 5.80. The predicted octanol–water partition coefficient (Wildman–Crippen LogP) is 2.23. The third-order valence-corrected chi connectivity index (χ3v) is 3.96. The van der Waals surface area contributed by atoms with Gasteiger partial charge in [0.25, 0.3) is 0 Å². The van der Waals surface area contributed by atoms with Crippen LogP contribution in [0.1, 0.15) is 13.8 Å². The molecule has 5 heteroatoms. The Hall–Kier alpha value is -1.72. The van der Waals surface area contributed by atoms with E-state index >= 15 is 0 Å². The highest BCUT2D eigenvalue weighted by Gasteiger charge is 2.22. The van der Waals surface area contributed by atoms with E-state index < -0.39 is 0 Å². The fourth-order valence-electron chi connectivity index (χ4n) is 2.97. The van der Waals surface area contributed by atoms with Gasteiger partial charge in [-0.1, -0.05) is 0 Å². The Morgan fingerprint density at radius 3 is 2.55 bits per heavy atom. The van der Waals surface area contributed by atoms with Gasteiger partial charge in [0, 0.05) is 43.6 Å². The van der Waals surface area contributed by atoms with Crippen LogP contribution in [0.15, 0.2) is 30.3 Å². The second-order valence-electron chi connectivity index (χ2n) is 6.76. The quantitative estimate of drug-likeness (QED) is 0.944. The molecule has 0 spiro atoms. The highest BCUT2D eigenvalue weighted by atomic mass is 19.1. The molecule has 0 amide bonds. The molecule has 0 bridgehead atoms. The highest BCUT2D eigenvalue weighted by Crippen LogP contribution is 2.20. The lowest BCUT2D eigenvalue weighted by Gasteiger charge is -2.38. The van der Waals surface area contributed by atoms with Crippen molar-refractivity contribution in [1.82, 2.24) is 9.88 Å². The lowest BCUT2D eigenvalue weighted by atomic mass is 10.1. The summed E-state index contributed by atoms with van der Waals surface area (Å²) in [5.74, 6) is 0.742. The van der Waals surface area contributed by atoms with Crippen molar-refractivity contribution in [3.8, 4) is 0 Å². The van der Waals surface area contributed by atoms with Crippen LogP contribution in [0, 0.1) is 5.82 Å². The second kappa shape index (κ2) is 5.82. The molecule has 0 aliphatic carbocycles. The zero-order valence-corrected chi connectivity index (χ0v) is 13.2. The molecule has 0 radical (unpaired) electrons. The lowest BCUT2D eigenvalue weighted by Crippen LogP contribution is -2.53. The van der Waals surface area contributed by atoms with Crippen molar-refractivity contribution in [2.75, 3.05) is 37.6 Å². The summed E-state index contributed by atoms with van der Waals surface area (Å²) < 4.78 is 13.2. The largest absolute Gasteiger partial charge is 0.354 e. The summed E-state index contributed by atoms with van der Waals surface area (Å²) >= 11 is 0. The minimum absolute atomic E-state index is 0.159. The molecule has 0 unspecified atom stereocenters. The van der Waals surface area contributed by atoms with Gasteiger partial charge in [-0.15, -0.1) is 0 Å². The van der Waals surface area contributed by atoms with Crippen LogP contribution in [0.25, 0.3) is 10.9 Å². The summed E-state index contributed by atoms with van der Waals surface area (Å²) in [5.41, 5.74) is 6.77. The van der Waals surface area contributed by atoms with Crippen LogP contribution in [0.2, 0.25) is 0 Å². The van der Waals surface area contributed by atoms with Crippen LogP contribution in [-0.2, 0) is 0 Å². The van der Waals surface area contributed by atoms with E-state index in [0.717, 1.165) is 49.4 Å². The van der Waals surface area contributed by atoms with Crippen molar-refractivity contribution >= 4 is 16.7 Å². The molecule has 1 saturated heterocycles. The van der Waals surface area contributed by atoms with Gasteiger partial charge in [0.2, 0.25) is 0 Å². The van der Waals surface area contributed by atoms with Gasteiger partial charge in [-0.3, -0.25) is 4.90 Å². The van der Waals surface area contributed by atoms with E-state index in [-0.39, 0.29) is 11.4 Å². The molecule has 0 saturated carbocycles. The maximum Gasteiger partial charge on any atom is 0.129 e.